The number of ether oxygens (including phenoxy) is 1. The molecule has 1 aliphatic rings. The monoisotopic (exact) mass is 662 g/mol. The fraction of sp³-hybridized carbons (Fsp3) is 0.265. The Labute approximate surface area is 274 Å². The van der Waals surface area contributed by atoms with E-state index in [1.54, 1.807) is 15.9 Å². The Bertz CT molecular complexity index is 1790. The van der Waals surface area contributed by atoms with E-state index in [4.69, 9.17) is 0 Å². The third kappa shape index (κ3) is 8.28. The van der Waals surface area contributed by atoms with Crippen LogP contribution in [0.25, 0.3) is 17.1 Å². The lowest BCUT2D eigenvalue weighted by atomic mass is 9.99. The number of carbonyl (C=O) groups is 2. The van der Waals surface area contributed by atoms with Gasteiger partial charge in [-0.3, -0.25) is 9.69 Å². The summed E-state index contributed by atoms with van der Waals surface area (Å²) in [5, 5.41) is 4.81. The van der Waals surface area contributed by atoms with Gasteiger partial charge in [-0.25, -0.2) is 14.5 Å². The van der Waals surface area contributed by atoms with Crippen LogP contribution in [0.3, 0.4) is 0 Å². The van der Waals surface area contributed by atoms with Gasteiger partial charge in [0.15, 0.2) is 11.0 Å². The summed E-state index contributed by atoms with van der Waals surface area (Å²) in [6, 6.07) is 18.4. The number of aromatic nitrogens is 3. The highest BCUT2D eigenvalue weighted by molar-refractivity contribution is 8.15. The first-order chi connectivity index (χ1) is 22.4. The quantitative estimate of drug-likeness (QED) is 0.163. The highest BCUT2D eigenvalue weighted by Crippen LogP contribution is 2.34. The van der Waals surface area contributed by atoms with Crippen LogP contribution in [0.5, 0.6) is 5.75 Å². The molecule has 1 fully saturated rings. The number of rotatable bonds is 10. The molecule has 1 aliphatic heterocycles. The SMILES string of the molecule is C=CCN(CCc1ccc(-c2ncn(-c3ccc(OC(F)(F)F)cc3)n2)cc1)C(=O)/N=C1\SCC(=O)N1c1cc(C)ccc1C(C)C. The lowest BCUT2D eigenvalue weighted by Gasteiger charge is -2.23. The average molecular weight is 663 g/mol. The van der Waals surface area contributed by atoms with E-state index in [1.165, 1.54) is 47.0 Å². The largest absolute Gasteiger partial charge is 0.573 e. The summed E-state index contributed by atoms with van der Waals surface area (Å²) >= 11 is 1.25. The van der Waals surface area contributed by atoms with E-state index in [9.17, 15) is 22.8 Å². The molecule has 1 aromatic heterocycles. The number of carbonyl (C=O) groups excluding carboxylic acids is 2. The number of thioether (sulfide) groups is 1. The minimum atomic E-state index is -4.76. The molecule has 0 aliphatic carbocycles. The van der Waals surface area contributed by atoms with Gasteiger partial charge in [0.1, 0.15) is 12.1 Å². The molecule has 0 spiro atoms. The first-order valence-electron chi connectivity index (χ1n) is 14.8. The Morgan fingerprint density at radius 1 is 1.13 bits per heavy atom. The maximum Gasteiger partial charge on any atom is 0.573 e. The van der Waals surface area contributed by atoms with Gasteiger partial charge in [0.2, 0.25) is 5.91 Å². The van der Waals surface area contributed by atoms with E-state index in [2.05, 4.69) is 40.2 Å². The Balaban J connectivity index is 1.25. The van der Waals surface area contributed by atoms with Gasteiger partial charge >= 0.3 is 12.4 Å². The molecule has 0 saturated carbocycles. The molecule has 0 radical (unpaired) electrons. The van der Waals surface area contributed by atoms with Crippen molar-refractivity contribution in [1.82, 2.24) is 19.7 Å². The van der Waals surface area contributed by atoms with Crippen molar-refractivity contribution in [3.05, 3.63) is 102 Å². The first kappa shape index (κ1) is 33.5. The van der Waals surface area contributed by atoms with Gasteiger partial charge in [-0.2, -0.15) is 4.99 Å². The second-order valence-electron chi connectivity index (χ2n) is 11.1. The zero-order chi connectivity index (χ0) is 33.7. The number of hydrogen-bond donors (Lipinski definition) is 0. The van der Waals surface area contributed by atoms with E-state index in [0.29, 0.717) is 36.2 Å². The van der Waals surface area contributed by atoms with Crippen molar-refractivity contribution in [2.75, 3.05) is 23.7 Å². The van der Waals surface area contributed by atoms with Crippen LogP contribution in [0.4, 0.5) is 23.7 Å². The summed E-state index contributed by atoms with van der Waals surface area (Å²) in [7, 11) is 0. The number of alkyl halides is 3. The van der Waals surface area contributed by atoms with E-state index in [0.717, 1.165) is 27.9 Å². The molecule has 244 valence electrons. The van der Waals surface area contributed by atoms with Crippen LogP contribution in [0, 0.1) is 6.92 Å². The lowest BCUT2D eigenvalue weighted by Crippen LogP contribution is -2.35. The van der Waals surface area contributed by atoms with Crippen LogP contribution in [0.15, 0.2) is 90.7 Å². The van der Waals surface area contributed by atoms with Gasteiger partial charge in [-0.1, -0.05) is 68.1 Å². The maximum absolute atomic E-state index is 13.4. The Morgan fingerprint density at radius 3 is 2.51 bits per heavy atom. The molecular formula is C34H33F3N6O3S. The molecule has 13 heteroatoms. The minimum absolute atomic E-state index is 0.114. The van der Waals surface area contributed by atoms with Gasteiger partial charge in [0.05, 0.1) is 17.1 Å². The molecule has 0 unspecified atom stereocenters. The van der Waals surface area contributed by atoms with Crippen LogP contribution in [-0.4, -0.2) is 62.0 Å². The van der Waals surface area contributed by atoms with E-state index in [1.807, 2.05) is 49.4 Å². The van der Waals surface area contributed by atoms with Gasteiger partial charge in [0, 0.05) is 18.7 Å². The number of urea groups is 1. The zero-order valence-electron chi connectivity index (χ0n) is 26.1. The number of halogens is 3. The minimum Gasteiger partial charge on any atom is -0.406 e. The Kier molecular flexibility index (Phi) is 10.1. The average Bonchev–Trinajstić information content (AvgIpc) is 3.66. The second-order valence-corrected chi connectivity index (χ2v) is 12.1. The fourth-order valence-electron chi connectivity index (χ4n) is 5.00. The number of amidine groups is 1. The van der Waals surface area contributed by atoms with Gasteiger partial charge in [-0.05, 0) is 66.3 Å². The summed E-state index contributed by atoms with van der Waals surface area (Å²) < 4.78 is 42.7. The standard InChI is InChI=1S/C34H33F3N6O3S/c1-5-17-41(32(45)39-33-43(30(44)20-47-33)29-19-23(4)6-15-28(29)22(2)3)18-16-24-7-9-25(10-8-24)31-38-21-42(40-31)26-11-13-27(14-12-26)46-34(35,36)37/h5-15,19,21-22H,1,16-18,20H2,2-4H3/b39-33-. The summed E-state index contributed by atoms with van der Waals surface area (Å²) in [6.07, 6.45) is -1.10. The number of aliphatic imine (C=N–C) groups is 1. The number of anilines is 1. The maximum atomic E-state index is 13.4. The predicted octanol–water partition coefficient (Wildman–Crippen LogP) is 7.55. The van der Waals surface area contributed by atoms with Crippen LogP contribution in [0.2, 0.25) is 0 Å². The van der Waals surface area contributed by atoms with Crippen molar-refractivity contribution in [2.45, 2.75) is 39.5 Å². The normalized spacial score (nSPS) is 14.2. The number of benzene rings is 3. The third-order valence-corrected chi connectivity index (χ3v) is 8.26. The molecule has 9 nitrogen and oxygen atoms in total. The molecule has 2 heterocycles. The van der Waals surface area contributed by atoms with Gasteiger partial charge in [0.25, 0.3) is 0 Å². The van der Waals surface area contributed by atoms with Crippen molar-refractivity contribution < 1.29 is 27.5 Å². The number of nitrogens with zero attached hydrogens (tertiary/aromatic N) is 6. The molecule has 3 aromatic carbocycles. The molecule has 0 bridgehead atoms. The number of aryl methyl sites for hydroxylation is 1. The third-order valence-electron chi connectivity index (χ3n) is 7.33. The Hall–Kier alpha value is -4.91. The van der Waals surface area contributed by atoms with E-state index in [-0.39, 0.29) is 23.3 Å². The highest BCUT2D eigenvalue weighted by Gasteiger charge is 2.33. The molecule has 1 saturated heterocycles. The van der Waals surface area contributed by atoms with Crippen LogP contribution in [0.1, 0.15) is 36.5 Å². The summed E-state index contributed by atoms with van der Waals surface area (Å²) in [6.45, 7) is 10.6. The summed E-state index contributed by atoms with van der Waals surface area (Å²) in [5.41, 5.74) is 5.01. The molecule has 5 rings (SSSR count). The van der Waals surface area contributed by atoms with Crippen LogP contribution < -0.4 is 9.64 Å². The first-order valence-corrected chi connectivity index (χ1v) is 15.8. The van der Waals surface area contributed by atoms with Crippen molar-refractivity contribution in [2.24, 2.45) is 4.99 Å². The van der Waals surface area contributed by atoms with E-state index >= 15 is 0 Å². The van der Waals surface area contributed by atoms with Crippen LogP contribution >= 0.6 is 11.8 Å². The molecule has 3 amide bonds. The molecule has 0 atom stereocenters. The zero-order valence-corrected chi connectivity index (χ0v) is 26.9. The molecule has 4 aromatic rings. The van der Waals surface area contributed by atoms with Gasteiger partial charge < -0.3 is 9.64 Å². The summed E-state index contributed by atoms with van der Waals surface area (Å²) in [4.78, 5) is 38.2. The molecule has 47 heavy (non-hydrogen) atoms. The van der Waals surface area contributed by atoms with Crippen molar-refractivity contribution >= 4 is 34.6 Å². The van der Waals surface area contributed by atoms with Gasteiger partial charge in [-0.15, -0.1) is 24.8 Å². The van der Waals surface area contributed by atoms with E-state index < -0.39 is 12.4 Å². The van der Waals surface area contributed by atoms with Crippen molar-refractivity contribution in [1.29, 1.82) is 0 Å². The smallest absolute Gasteiger partial charge is 0.406 e. The highest BCUT2D eigenvalue weighted by atomic mass is 32.2. The predicted molar refractivity (Wildman–Crippen MR) is 177 cm³/mol. The molecule has 0 N–H and O–H groups in total. The Morgan fingerprint density at radius 2 is 1.85 bits per heavy atom. The van der Waals surface area contributed by atoms with Crippen molar-refractivity contribution in [3.8, 4) is 22.8 Å². The number of hydrogen-bond acceptors (Lipinski definition) is 6. The second kappa shape index (κ2) is 14.2. The lowest BCUT2D eigenvalue weighted by molar-refractivity contribution is -0.274. The number of amides is 3. The topological polar surface area (TPSA) is 92.9 Å². The van der Waals surface area contributed by atoms with Crippen LogP contribution in [-0.2, 0) is 11.2 Å². The van der Waals surface area contributed by atoms with Crippen molar-refractivity contribution in [3.63, 3.8) is 0 Å². The summed E-state index contributed by atoms with van der Waals surface area (Å²) in [5.74, 6) is 0.390. The molecular weight excluding hydrogens is 629 g/mol. The fourth-order valence-corrected chi connectivity index (χ4v) is 5.85.